The Hall–Kier alpha value is -1.73. The van der Waals surface area contributed by atoms with Crippen molar-refractivity contribution >= 4 is 21.6 Å². The first-order valence-electron chi connectivity index (χ1n) is 7.88. The number of furan rings is 1. The van der Waals surface area contributed by atoms with Gasteiger partial charge in [-0.15, -0.1) is 11.3 Å². The van der Waals surface area contributed by atoms with Crippen molar-refractivity contribution in [3.63, 3.8) is 0 Å². The summed E-state index contributed by atoms with van der Waals surface area (Å²) in [6.45, 7) is 2.95. The first kappa shape index (κ1) is 17.1. The molecule has 0 bridgehead atoms. The molecule has 3 rings (SSSR count). The van der Waals surface area contributed by atoms with Gasteiger partial charge in [0.05, 0.1) is 30.0 Å². The van der Waals surface area contributed by atoms with Gasteiger partial charge in [-0.3, -0.25) is 4.90 Å². The number of fused-ring (bicyclic) bond motifs is 1. The molecule has 0 aliphatic heterocycles. The summed E-state index contributed by atoms with van der Waals surface area (Å²) in [5.74, 6) is 1.61. The number of thiazole rings is 1. The maximum atomic E-state index is 9.41. The summed E-state index contributed by atoms with van der Waals surface area (Å²) in [5.41, 5.74) is 0.464. The number of aliphatic hydroxyl groups is 2. The number of hydrogen-bond acceptors (Lipinski definition) is 6. The number of hydrogen-bond donors (Lipinski definition) is 2. The van der Waals surface area contributed by atoms with Crippen molar-refractivity contribution in [3.8, 4) is 10.8 Å². The minimum atomic E-state index is -0.517. The van der Waals surface area contributed by atoms with Crippen LogP contribution in [-0.4, -0.2) is 46.9 Å². The molecule has 3 aromatic rings. The molecule has 2 heterocycles. The van der Waals surface area contributed by atoms with Crippen LogP contribution in [-0.2, 0) is 6.54 Å². The third kappa shape index (κ3) is 3.67. The Morgan fingerprint density at radius 1 is 1.17 bits per heavy atom. The van der Waals surface area contributed by atoms with E-state index in [1.54, 1.807) is 11.3 Å². The average Bonchev–Trinajstić information content (AvgIpc) is 3.20. The smallest absolute Gasteiger partial charge is 0.163 e. The highest BCUT2D eigenvalue weighted by Crippen LogP contribution is 2.31. The minimum absolute atomic E-state index is 0.0526. The molecule has 5 nitrogen and oxygen atoms in total. The van der Waals surface area contributed by atoms with Gasteiger partial charge in [0.1, 0.15) is 5.76 Å². The summed E-state index contributed by atoms with van der Waals surface area (Å²) in [4.78, 5) is 6.64. The van der Waals surface area contributed by atoms with E-state index in [1.165, 1.54) is 0 Å². The van der Waals surface area contributed by atoms with E-state index in [9.17, 15) is 10.2 Å². The summed E-state index contributed by atoms with van der Waals surface area (Å²) < 4.78 is 7.08. The molecule has 2 N–H and O–H groups in total. The van der Waals surface area contributed by atoms with Gasteiger partial charge in [-0.2, -0.15) is 0 Å². The zero-order valence-electron chi connectivity index (χ0n) is 13.9. The lowest BCUT2D eigenvalue weighted by Crippen LogP contribution is -2.38. The molecule has 0 radical (unpaired) electrons. The van der Waals surface area contributed by atoms with E-state index < -0.39 is 5.41 Å². The molecule has 0 atom stereocenters. The first-order valence-corrected chi connectivity index (χ1v) is 8.69. The van der Waals surface area contributed by atoms with Crippen LogP contribution in [0.4, 0.5) is 0 Å². The van der Waals surface area contributed by atoms with E-state index >= 15 is 0 Å². The number of para-hydroxylation sites is 1. The van der Waals surface area contributed by atoms with Crippen molar-refractivity contribution in [1.82, 2.24) is 9.88 Å². The number of aromatic nitrogens is 1. The molecular formula is C18H22N2O3S. The third-order valence-electron chi connectivity index (χ3n) is 4.01. The molecule has 0 fully saturated rings. The lowest BCUT2D eigenvalue weighted by atomic mass is 9.92. The van der Waals surface area contributed by atoms with Crippen molar-refractivity contribution in [3.05, 3.63) is 42.2 Å². The zero-order valence-corrected chi connectivity index (χ0v) is 14.7. The fourth-order valence-electron chi connectivity index (χ4n) is 2.68. The molecule has 1 aromatic carbocycles. The predicted octanol–water partition coefficient (Wildman–Crippen LogP) is 2.98. The Balaban J connectivity index is 1.71. The quantitative estimate of drug-likeness (QED) is 0.688. The molecule has 0 aliphatic rings. The largest absolute Gasteiger partial charge is 0.457 e. The summed E-state index contributed by atoms with van der Waals surface area (Å²) >= 11 is 1.62. The highest BCUT2D eigenvalue weighted by Gasteiger charge is 2.24. The van der Waals surface area contributed by atoms with E-state index in [-0.39, 0.29) is 13.2 Å². The van der Waals surface area contributed by atoms with Crippen LogP contribution in [0.2, 0.25) is 0 Å². The van der Waals surface area contributed by atoms with Gasteiger partial charge < -0.3 is 14.6 Å². The molecular weight excluding hydrogens is 324 g/mol. The first-order chi connectivity index (χ1) is 11.5. The highest BCUT2D eigenvalue weighted by molar-refractivity contribution is 7.21. The van der Waals surface area contributed by atoms with E-state index in [4.69, 9.17) is 4.42 Å². The Labute approximate surface area is 145 Å². The van der Waals surface area contributed by atoms with E-state index in [1.807, 2.05) is 49.2 Å². The topological polar surface area (TPSA) is 69.7 Å². The van der Waals surface area contributed by atoms with Gasteiger partial charge in [0.2, 0.25) is 0 Å². The molecule has 128 valence electrons. The van der Waals surface area contributed by atoms with Crippen LogP contribution >= 0.6 is 11.3 Å². The fraction of sp³-hybridized carbons (Fsp3) is 0.389. The molecule has 24 heavy (non-hydrogen) atoms. The van der Waals surface area contributed by atoms with Crippen molar-refractivity contribution in [2.75, 3.05) is 26.8 Å². The van der Waals surface area contributed by atoms with Crippen LogP contribution in [0.3, 0.4) is 0 Å². The SMILES string of the molecule is CN(Cc1ccc(-c2nc3ccccc3s2)o1)CC(C)(CO)CO. The second kappa shape index (κ2) is 7.03. The van der Waals surface area contributed by atoms with Crippen LogP contribution < -0.4 is 0 Å². The normalized spacial score (nSPS) is 12.4. The second-order valence-corrected chi connectivity index (χ2v) is 7.58. The summed E-state index contributed by atoms with van der Waals surface area (Å²) in [6, 6.07) is 11.9. The van der Waals surface area contributed by atoms with Gasteiger partial charge >= 0.3 is 0 Å². The van der Waals surface area contributed by atoms with Crippen LogP contribution in [0.5, 0.6) is 0 Å². The monoisotopic (exact) mass is 346 g/mol. The van der Waals surface area contributed by atoms with Gasteiger partial charge in [-0.1, -0.05) is 19.1 Å². The van der Waals surface area contributed by atoms with Crippen molar-refractivity contribution in [2.24, 2.45) is 5.41 Å². The minimum Gasteiger partial charge on any atom is -0.457 e. The molecule has 0 saturated heterocycles. The lowest BCUT2D eigenvalue weighted by Gasteiger charge is -2.29. The van der Waals surface area contributed by atoms with Crippen molar-refractivity contribution in [2.45, 2.75) is 13.5 Å². The zero-order chi connectivity index (χ0) is 17.2. The fourth-order valence-corrected chi connectivity index (χ4v) is 3.61. The van der Waals surface area contributed by atoms with E-state index in [0.717, 1.165) is 26.7 Å². The maximum absolute atomic E-state index is 9.41. The average molecular weight is 346 g/mol. The molecule has 0 aliphatic carbocycles. The number of aliphatic hydroxyl groups excluding tert-OH is 2. The Bertz CT molecular complexity index is 774. The molecule has 2 aromatic heterocycles. The Kier molecular flexibility index (Phi) is 5.01. The maximum Gasteiger partial charge on any atom is 0.163 e. The van der Waals surface area contributed by atoms with Gasteiger partial charge in [-0.25, -0.2) is 4.98 Å². The number of benzene rings is 1. The van der Waals surface area contributed by atoms with Crippen LogP contribution in [0.1, 0.15) is 12.7 Å². The van der Waals surface area contributed by atoms with Crippen molar-refractivity contribution in [1.29, 1.82) is 0 Å². The van der Waals surface area contributed by atoms with Gasteiger partial charge in [0, 0.05) is 12.0 Å². The molecule has 6 heteroatoms. The predicted molar refractivity (Wildman–Crippen MR) is 95.9 cm³/mol. The second-order valence-electron chi connectivity index (χ2n) is 6.55. The van der Waals surface area contributed by atoms with Gasteiger partial charge in [0.25, 0.3) is 0 Å². The van der Waals surface area contributed by atoms with Gasteiger partial charge in [0.15, 0.2) is 10.8 Å². The molecule has 0 amide bonds. The van der Waals surface area contributed by atoms with Crippen LogP contribution in [0.25, 0.3) is 21.0 Å². The highest BCUT2D eigenvalue weighted by atomic mass is 32.1. The molecule has 0 spiro atoms. The van der Waals surface area contributed by atoms with E-state index in [0.29, 0.717) is 13.1 Å². The lowest BCUT2D eigenvalue weighted by molar-refractivity contribution is 0.0387. The van der Waals surface area contributed by atoms with E-state index in [2.05, 4.69) is 11.1 Å². The Morgan fingerprint density at radius 2 is 1.92 bits per heavy atom. The third-order valence-corrected chi connectivity index (χ3v) is 5.06. The number of rotatable bonds is 7. The van der Waals surface area contributed by atoms with Crippen LogP contribution in [0, 0.1) is 5.41 Å². The number of nitrogens with zero attached hydrogens (tertiary/aromatic N) is 2. The standard InChI is InChI=1S/C18H22N2O3S/c1-18(11-21,12-22)10-20(2)9-13-7-8-15(23-13)17-19-14-5-3-4-6-16(14)24-17/h3-8,21-22H,9-12H2,1-2H3. The molecule has 0 saturated carbocycles. The summed E-state index contributed by atoms with van der Waals surface area (Å²) in [6.07, 6.45) is 0. The summed E-state index contributed by atoms with van der Waals surface area (Å²) in [5, 5.41) is 19.7. The van der Waals surface area contributed by atoms with Crippen LogP contribution in [0.15, 0.2) is 40.8 Å². The van der Waals surface area contributed by atoms with Crippen molar-refractivity contribution < 1.29 is 14.6 Å². The van der Waals surface area contributed by atoms with Gasteiger partial charge in [-0.05, 0) is 31.3 Å². The Morgan fingerprint density at radius 3 is 2.62 bits per heavy atom. The molecule has 0 unspecified atom stereocenters. The summed E-state index contributed by atoms with van der Waals surface area (Å²) in [7, 11) is 1.95.